The lowest BCUT2D eigenvalue weighted by Gasteiger charge is -2.06. The zero-order valence-corrected chi connectivity index (χ0v) is 13.2. The highest BCUT2D eigenvalue weighted by Crippen LogP contribution is 2.15. The number of benzene rings is 2. The van der Waals surface area contributed by atoms with Crippen LogP contribution in [0, 0.1) is 11.3 Å². The van der Waals surface area contributed by atoms with Crippen molar-refractivity contribution in [2.24, 2.45) is 10.9 Å². The third kappa shape index (κ3) is 5.53. The van der Waals surface area contributed by atoms with Crippen molar-refractivity contribution in [1.29, 1.82) is 5.26 Å². The van der Waals surface area contributed by atoms with Crippen LogP contribution in [-0.4, -0.2) is 19.0 Å². The molecular weight excluding hydrogens is 314 g/mol. The van der Waals surface area contributed by atoms with Crippen LogP contribution in [0.4, 0.5) is 0 Å². The Bertz CT molecular complexity index is 709. The topological polar surface area (TPSA) is 80.6 Å². The Kier molecular flexibility index (Phi) is 6.28. The average molecular weight is 330 g/mol. The van der Waals surface area contributed by atoms with E-state index in [4.69, 9.17) is 32.2 Å². The summed E-state index contributed by atoms with van der Waals surface area (Å²) in [5, 5.41) is 13.2. The summed E-state index contributed by atoms with van der Waals surface area (Å²) in [6, 6.07) is 16.3. The fourth-order valence-electron chi connectivity index (χ4n) is 1.82. The highest BCUT2D eigenvalue weighted by atomic mass is 35.5. The molecule has 0 saturated carbocycles. The molecule has 2 rings (SSSR count). The number of nitrogens with zero attached hydrogens (tertiary/aromatic N) is 2. The number of ether oxygens (including phenoxy) is 1. The van der Waals surface area contributed by atoms with Gasteiger partial charge in [0.1, 0.15) is 18.2 Å². The molecule has 118 valence electrons. The normalized spacial score (nSPS) is 10.9. The van der Waals surface area contributed by atoms with Crippen molar-refractivity contribution >= 4 is 17.4 Å². The second-order valence-electron chi connectivity index (χ2n) is 4.67. The molecule has 23 heavy (non-hydrogen) atoms. The molecule has 2 N–H and O–H groups in total. The second kappa shape index (κ2) is 8.66. The SMILES string of the molecule is N#Cc1ccc(OCCO/N=C(\N)Cc2ccccc2Cl)cc1. The maximum absolute atomic E-state index is 8.70. The minimum absolute atomic E-state index is 0.267. The van der Waals surface area contributed by atoms with Gasteiger partial charge in [0.05, 0.1) is 11.6 Å². The summed E-state index contributed by atoms with van der Waals surface area (Å²) in [6.07, 6.45) is 0.427. The Morgan fingerprint density at radius 3 is 2.57 bits per heavy atom. The summed E-state index contributed by atoms with van der Waals surface area (Å²) in [6.45, 7) is 0.595. The van der Waals surface area contributed by atoms with Crippen molar-refractivity contribution in [2.75, 3.05) is 13.2 Å². The van der Waals surface area contributed by atoms with Gasteiger partial charge < -0.3 is 15.3 Å². The van der Waals surface area contributed by atoms with Gasteiger partial charge in [0.15, 0.2) is 6.61 Å². The van der Waals surface area contributed by atoms with Crippen LogP contribution in [0.25, 0.3) is 0 Å². The molecule has 0 unspecified atom stereocenters. The predicted molar refractivity (Wildman–Crippen MR) is 89.4 cm³/mol. The first-order valence-electron chi connectivity index (χ1n) is 6.99. The monoisotopic (exact) mass is 329 g/mol. The number of hydrogen-bond donors (Lipinski definition) is 1. The van der Waals surface area contributed by atoms with E-state index in [9.17, 15) is 0 Å². The van der Waals surface area contributed by atoms with Crippen molar-refractivity contribution in [3.05, 3.63) is 64.7 Å². The molecule has 0 atom stereocenters. The molecule has 6 heteroatoms. The Morgan fingerprint density at radius 1 is 1.13 bits per heavy atom. The Hall–Kier alpha value is -2.71. The van der Waals surface area contributed by atoms with Crippen LogP contribution in [0.15, 0.2) is 53.7 Å². The Labute approximate surface area is 139 Å². The summed E-state index contributed by atoms with van der Waals surface area (Å²) in [4.78, 5) is 5.12. The van der Waals surface area contributed by atoms with Crippen LogP contribution in [0.1, 0.15) is 11.1 Å². The van der Waals surface area contributed by atoms with Gasteiger partial charge in [-0.1, -0.05) is 35.0 Å². The van der Waals surface area contributed by atoms with Gasteiger partial charge in [-0.2, -0.15) is 5.26 Å². The average Bonchev–Trinajstić information content (AvgIpc) is 2.57. The smallest absolute Gasteiger partial charge is 0.151 e. The van der Waals surface area contributed by atoms with E-state index in [0.29, 0.717) is 35.2 Å². The zero-order valence-electron chi connectivity index (χ0n) is 12.4. The quantitative estimate of drug-likeness (QED) is 0.366. The van der Waals surface area contributed by atoms with E-state index in [1.165, 1.54) is 0 Å². The minimum atomic E-state index is 0.267. The first-order valence-corrected chi connectivity index (χ1v) is 7.37. The predicted octanol–water partition coefficient (Wildman–Crippen LogP) is 3.12. The number of amidine groups is 1. The molecule has 0 aliphatic heterocycles. The van der Waals surface area contributed by atoms with Crippen LogP contribution in [0.5, 0.6) is 5.75 Å². The van der Waals surface area contributed by atoms with Crippen molar-refractivity contribution in [2.45, 2.75) is 6.42 Å². The van der Waals surface area contributed by atoms with Crippen molar-refractivity contribution in [3.8, 4) is 11.8 Å². The van der Waals surface area contributed by atoms with Crippen LogP contribution in [0.3, 0.4) is 0 Å². The summed E-state index contributed by atoms with van der Waals surface area (Å²) in [5.41, 5.74) is 7.28. The van der Waals surface area contributed by atoms with Gasteiger partial charge in [0, 0.05) is 11.4 Å². The number of hydrogen-bond acceptors (Lipinski definition) is 4. The third-order valence-electron chi connectivity index (χ3n) is 2.94. The Morgan fingerprint density at radius 2 is 1.87 bits per heavy atom. The molecule has 0 fully saturated rings. The minimum Gasteiger partial charge on any atom is -0.490 e. The Balaban J connectivity index is 1.71. The maximum atomic E-state index is 8.70. The standard InChI is InChI=1S/C17H16ClN3O2/c18-16-4-2-1-3-14(16)11-17(20)21-23-10-9-22-15-7-5-13(12-19)6-8-15/h1-8H,9-11H2,(H2,20,21). The van der Waals surface area contributed by atoms with E-state index in [-0.39, 0.29) is 6.61 Å². The molecule has 2 aromatic rings. The van der Waals surface area contributed by atoms with Gasteiger partial charge in [-0.25, -0.2) is 0 Å². The molecule has 0 aromatic heterocycles. The number of oxime groups is 1. The number of nitriles is 1. The highest BCUT2D eigenvalue weighted by molar-refractivity contribution is 6.31. The van der Waals surface area contributed by atoms with Gasteiger partial charge in [0.2, 0.25) is 0 Å². The van der Waals surface area contributed by atoms with Crippen LogP contribution >= 0.6 is 11.6 Å². The fourth-order valence-corrected chi connectivity index (χ4v) is 2.02. The van der Waals surface area contributed by atoms with Gasteiger partial charge in [-0.3, -0.25) is 0 Å². The molecule has 0 spiro atoms. The summed E-state index contributed by atoms with van der Waals surface area (Å²) < 4.78 is 5.46. The maximum Gasteiger partial charge on any atom is 0.151 e. The fraction of sp³-hybridized carbons (Fsp3) is 0.176. The first-order chi connectivity index (χ1) is 11.2. The number of rotatable bonds is 7. The van der Waals surface area contributed by atoms with Gasteiger partial charge >= 0.3 is 0 Å². The van der Waals surface area contributed by atoms with Crippen LogP contribution < -0.4 is 10.5 Å². The number of nitrogens with two attached hydrogens (primary N) is 1. The summed E-state index contributed by atoms with van der Waals surface area (Å²) in [7, 11) is 0. The largest absolute Gasteiger partial charge is 0.490 e. The number of halogens is 1. The molecule has 0 saturated heterocycles. The van der Waals surface area contributed by atoms with E-state index in [2.05, 4.69) is 5.16 Å². The van der Waals surface area contributed by atoms with Gasteiger partial charge in [-0.05, 0) is 35.9 Å². The van der Waals surface area contributed by atoms with E-state index in [1.54, 1.807) is 30.3 Å². The lowest BCUT2D eigenvalue weighted by molar-refractivity contribution is 0.106. The molecule has 0 radical (unpaired) electrons. The highest BCUT2D eigenvalue weighted by Gasteiger charge is 2.02. The summed E-state index contributed by atoms with van der Waals surface area (Å²) in [5.74, 6) is 1.01. The van der Waals surface area contributed by atoms with Crippen LogP contribution in [-0.2, 0) is 11.3 Å². The molecule has 2 aromatic carbocycles. The van der Waals surface area contributed by atoms with E-state index >= 15 is 0 Å². The first kappa shape index (κ1) is 16.7. The second-order valence-corrected chi connectivity index (χ2v) is 5.08. The molecule has 0 bridgehead atoms. The van der Waals surface area contributed by atoms with Crippen molar-refractivity contribution in [1.82, 2.24) is 0 Å². The molecule has 0 aliphatic rings. The third-order valence-corrected chi connectivity index (χ3v) is 3.31. The van der Waals surface area contributed by atoms with E-state index in [1.807, 2.05) is 24.3 Å². The molecule has 5 nitrogen and oxygen atoms in total. The van der Waals surface area contributed by atoms with Crippen LogP contribution in [0.2, 0.25) is 5.02 Å². The van der Waals surface area contributed by atoms with Crippen molar-refractivity contribution < 1.29 is 9.57 Å². The molecular formula is C17H16ClN3O2. The zero-order chi connectivity index (χ0) is 16.5. The molecule has 0 aliphatic carbocycles. The van der Waals surface area contributed by atoms with E-state index in [0.717, 1.165) is 5.56 Å². The lowest BCUT2D eigenvalue weighted by Crippen LogP contribution is -2.16. The van der Waals surface area contributed by atoms with Crippen molar-refractivity contribution in [3.63, 3.8) is 0 Å². The van der Waals surface area contributed by atoms with Gasteiger partial charge in [-0.15, -0.1) is 0 Å². The summed E-state index contributed by atoms with van der Waals surface area (Å²) >= 11 is 6.05. The molecule has 0 heterocycles. The lowest BCUT2D eigenvalue weighted by atomic mass is 10.1. The molecule has 0 amide bonds. The van der Waals surface area contributed by atoms with Gasteiger partial charge in [0.25, 0.3) is 0 Å². The van der Waals surface area contributed by atoms with E-state index < -0.39 is 0 Å².